The fourth-order valence-electron chi connectivity index (χ4n) is 4.41. The molecule has 0 aliphatic heterocycles. The lowest BCUT2D eigenvalue weighted by Crippen LogP contribution is -2.15. The Morgan fingerprint density at radius 2 is 1.77 bits per heavy atom. The van der Waals surface area contributed by atoms with Gasteiger partial charge in [0.15, 0.2) is 5.82 Å². The lowest BCUT2D eigenvalue weighted by atomic mass is 10.1. The van der Waals surface area contributed by atoms with Gasteiger partial charge in [0.05, 0.1) is 17.5 Å². The van der Waals surface area contributed by atoms with E-state index in [0.717, 1.165) is 40.3 Å². The average Bonchev–Trinajstić information content (AvgIpc) is 3.46. The molecule has 3 aromatic heterocycles. The van der Waals surface area contributed by atoms with Crippen LogP contribution >= 0.6 is 23.2 Å². The van der Waals surface area contributed by atoms with Crippen LogP contribution in [-0.4, -0.2) is 55.8 Å². The molecular weight excluding hydrogens is 485 g/mol. The van der Waals surface area contributed by atoms with Gasteiger partial charge in [0.2, 0.25) is 0 Å². The van der Waals surface area contributed by atoms with Crippen molar-refractivity contribution in [2.24, 2.45) is 12.0 Å². The minimum atomic E-state index is -0.325. The van der Waals surface area contributed by atoms with Gasteiger partial charge in [0.1, 0.15) is 0 Å². The first-order valence-electron chi connectivity index (χ1n) is 11.2. The Morgan fingerprint density at radius 3 is 2.51 bits per heavy atom. The van der Waals surface area contributed by atoms with Crippen molar-refractivity contribution in [3.05, 3.63) is 69.3 Å². The molecule has 0 atom stereocenters. The zero-order valence-electron chi connectivity index (χ0n) is 19.7. The van der Waals surface area contributed by atoms with Crippen LogP contribution < -0.4 is 5.69 Å². The van der Waals surface area contributed by atoms with Crippen molar-refractivity contribution >= 4 is 51.3 Å². The summed E-state index contributed by atoms with van der Waals surface area (Å²) in [5.41, 5.74) is 3.18. The van der Waals surface area contributed by atoms with E-state index in [4.69, 9.17) is 23.2 Å². The van der Waals surface area contributed by atoms with Gasteiger partial charge in [-0.05, 0) is 42.8 Å². The van der Waals surface area contributed by atoms with Crippen LogP contribution in [0.2, 0.25) is 10.0 Å². The van der Waals surface area contributed by atoms with Gasteiger partial charge in [-0.25, -0.2) is 14.5 Å². The highest BCUT2D eigenvalue weighted by atomic mass is 35.5. The first-order valence-corrected chi connectivity index (χ1v) is 12.0. The fourth-order valence-corrected chi connectivity index (χ4v) is 4.75. The number of rotatable bonds is 7. The summed E-state index contributed by atoms with van der Waals surface area (Å²) in [5, 5.41) is 10.0. The average molecular weight is 510 g/mol. The van der Waals surface area contributed by atoms with Gasteiger partial charge in [0, 0.05) is 78.5 Å². The highest BCUT2D eigenvalue weighted by molar-refractivity contribution is 6.31. The van der Waals surface area contributed by atoms with Crippen LogP contribution in [-0.2, 0) is 13.6 Å². The molecule has 0 aliphatic rings. The van der Waals surface area contributed by atoms with E-state index >= 15 is 0 Å². The minimum Gasteiger partial charge on any atom is -0.369 e. The maximum atomic E-state index is 13.1. The lowest BCUT2D eigenvalue weighted by molar-refractivity contribution is 0.627. The summed E-state index contributed by atoms with van der Waals surface area (Å²) in [5.74, 6) is 0.512. The molecular formula is C25H25Cl2N7O. The Morgan fingerprint density at radius 1 is 1.06 bits per heavy atom. The van der Waals surface area contributed by atoms with Crippen LogP contribution in [0.15, 0.2) is 58.6 Å². The van der Waals surface area contributed by atoms with Crippen LogP contribution in [0.3, 0.4) is 0 Å². The molecule has 0 amide bonds. The van der Waals surface area contributed by atoms with E-state index in [1.165, 1.54) is 0 Å². The quantitative estimate of drug-likeness (QED) is 0.191. The third kappa shape index (κ3) is 4.35. The molecule has 3 heterocycles. The summed E-state index contributed by atoms with van der Waals surface area (Å²) in [6, 6.07) is 11.4. The molecule has 0 unspecified atom stereocenters. The summed E-state index contributed by atoms with van der Waals surface area (Å²) >= 11 is 12.7. The van der Waals surface area contributed by atoms with Gasteiger partial charge in [-0.1, -0.05) is 23.2 Å². The number of fused-ring (bicyclic) bond motifs is 2. The number of aryl methyl sites for hydroxylation is 2. The number of H-pyrrole nitrogens is 1. The highest BCUT2D eigenvalue weighted by Gasteiger charge is 2.21. The molecule has 0 bridgehead atoms. The summed E-state index contributed by atoms with van der Waals surface area (Å²) in [7, 11) is 5.85. The second-order valence-electron chi connectivity index (χ2n) is 8.71. The monoisotopic (exact) mass is 509 g/mol. The topological polar surface area (TPSA) is 76.1 Å². The van der Waals surface area contributed by atoms with Gasteiger partial charge in [-0.2, -0.15) is 5.10 Å². The molecule has 0 fully saturated rings. The molecule has 35 heavy (non-hydrogen) atoms. The Labute approximate surface area is 212 Å². The van der Waals surface area contributed by atoms with E-state index in [9.17, 15) is 4.79 Å². The van der Waals surface area contributed by atoms with Crippen molar-refractivity contribution in [2.45, 2.75) is 13.0 Å². The summed E-state index contributed by atoms with van der Waals surface area (Å²) in [4.78, 5) is 19.4. The number of benzene rings is 2. The van der Waals surface area contributed by atoms with Crippen molar-refractivity contribution in [3.8, 4) is 17.1 Å². The van der Waals surface area contributed by atoms with Crippen LogP contribution in [0.4, 0.5) is 0 Å². The Balaban J connectivity index is 1.63. The predicted octanol–water partition coefficient (Wildman–Crippen LogP) is 4.96. The predicted molar refractivity (Wildman–Crippen MR) is 143 cm³/mol. The highest BCUT2D eigenvalue weighted by Crippen LogP contribution is 2.34. The molecule has 5 rings (SSSR count). The zero-order chi connectivity index (χ0) is 24.7. The van der Waals surface area contributed by atoms with Crippen molar-refractivity contribution < 1.29 is 0 Å². The largest absolute Gasteiger partial charge is 0.369 e. The van der Waals surface area contributed by atoms with Crippen molar-refractivity contribution in [2.75, 3.05) is 20.6 Å². The number of nitrogens with one attached hydrogen (secondary N) is 1. The standard InChI is InChI=1S/C25H25Cl2N7O/c1-31(2)15-28-9-4-10-33-14-23(19-12-17(27)6-8-22(19)33)34-24(29-30-25(34)35)20-13-32(3)21-7-5-16(26)11-18(20)21/h5-8,11-15H,4,9-10H2,1-3H3,(H,30,35). The molecule has 2 aromatic carbocycles. The molecule has 0 spiro atoms. The van der Waals surface area contributed by atoms with E-state index in [1.54, 1.807) is 4.57 Å². The molecule has 5 aromatic rings. The molecule has 0 saturated heterocycles. The second kappa shape index (κ2) is 9.28. The molecule has 180 valence electrons. The Hall–Kier alpha value is -3.49. The first-order chi connectivity index (χ1) is 16.8. The van der Waals surface area contributed by atoms with Gasteiger partial charge in [-0.15, -0.1) is 0 Å². The minimum absolute atomic E-state index is 0.325. The number of hydrogen-bond donors (Lipinski definition) is 1. The summed E-state index contributed by atoms with van der Waals surface area (Å²) in [6.45, 7) is 1.45. The van der Waals surface area contributed by atoms with E-state index in [0.29, 0.717) is 28.1 Å². The third-order valence-electron chi connectivity index (χ3n) is 5.93. The van der Waals surface area contributed by atoms with Gasteiger partial charge in [0.25, 0.3) is 0 Å². The SMILES string of the molecule is CN(C)C=NCCCn1cc(-n2c(-c3cn(C)c4ccc(Cl)cc34)n[nH]c2=O)c2cc(Cl)ccc21. The van der Waals surface area contributed by atoms with Gasteiger partial charge < -0.3 is 14.0 Å². The lowest BCUT2D eigenvalue weighted by Gasteiger charge is -2.05. The number of aromatic nitrogens is 5. The first kappa shape index (κ1) is 23.3. The van der Waals surface area contributed by atoms with E-state index in [1.807, 2.05) is 85.7 Å². The number of halogens is 2. The zero-order valence-corrected chi connectivity index (χ0v) is 21.2. The van der Waals surface area contributed by atoms with Crippen molar-refractivity contribution in [3.63, 3.8) is 0 Å². The number of hydrogen-bond acceptors (Lipinski definition) is 3. The van der Waals surface area contributed by atoms with Crippen molar-refractivity contribution in [1.29, 1.82) is 0 Å². The Kier molecular flexibility index (Phi) is 6.17. The maximum Gasteiger partial charge on any atom is 0.348 e. The molecule has 0 saturated carbocycles. The van der Waals surface area contributed by atoms with E-state index in [2.05, 4.69) is 19.8 Å². The summed E-state index contributed by atoms with van der Waals surface area (Å²) in [6.07, 6.45) is 6.61. The maximum absolute atomic E-state index is 13.1. The van der Waals surface area contributed by atoms with Crippen molar-refractivity contribution in [1.82, 2.24) is 28.8 Å². The number of nitrogens with zero attached hydrogens (tertiary/aromatic N) is 6. The molecule has 0 aliphatic carbocycles. The van der Waals surface area contributed by atoms with Crippen LogP contribution in [0.25, 0.3) is 38.9 Å². The molecule has 0 radical (unpaired) electrons. The van der Waals surface area contributed by atoms with Crippen LogP contribution in [0.5, 0.6) is 0 Å². The molecule has 10 heteroatoms. The number of aliphatic imine (C=N–C) groups is 1. The number of aromatic amines is 1. The fraction of sp³-hybridized carbons (Fsp3) is 0.240. The summed E-state index contributed by atoms with van der Waals surface area (Å²) < 4.78 is 5.74. The second-order valence-corrected chi connectivity index (χ2v) is 9.58. The van der Waals surface area contributed by atoms with Crippen LogP contribution in [0.1, 0.15) is 6.42 Å². The molecule has 8 nitrogen and oxygen atoms in total. The van der Waals surface area contributed by atoms with E-state index in [-0.39, 0.29) is 5.69 Å². The van der Waals surface area contributed by atoms with Gasteiger partial charge >= 0.3 is 5.69 Å². The smallest absolute Gasteiger partial charge is 0.348 e. The van der Waals surface area contributed by atoms with E-state index < -0.39 is 0 Å². The Bertz CT molecular complexity index is 1620. The normalized spacial score (nSPS) is 11.9. The van der Waals surface area contributed by atoms with Crippen LogP contribution in [0, 0.1) is 0 Å². The van der Waals surface area contributed by atoms with Gasteiger partial charge in [-0.3, -0.25) is 4.99 Å². The third-order valence-corrected chi connectivity index (χ3v) is 6.40. The molecule has 1 N–H and O–H groups in total.